The maximum Gasteiger partial charge on any atom is 0.416 e. The Morgan fingerprint density at radius 1 is 0.703 bits per heavy atom. The van der Waals surface area contributed by atoms with Crippen molar-refractivity contribution in [3.8, 4) is 11.5 Å². The first kappa shape index (κ1) is 24.6. The summed E-state index contributed by atoms with van der Waals surface area (Å²) in [4.78, 5) is 0. The number of hydrogen-bond acceptors (Lipinski definition) is 5. The maximum atomic E-state index is 12.8. The normalized spacial score (nSPS) is 11.4. The Morgan fingerprint density at radius 2 is 1.32 bits per heavy atom. The molecule has 4 nitrogen and oxygen atoms in total. The Hall–Kier alpha value is -4.04. The highest BCUT2D eigenvalue weighted by atomic mass is 32.1. The Labute approximate surface area is 216 Å². The van der Waals surface area contributed by atoms with Gasteiger partial charge in [-0.2, -0.15) is 17.5 Å². The second kappa shape index (κ2) is 10.9. The van der Waals surface area contributed by atoms with Crippen LogP contribution in [0.2, 0.25) is 0 Å². The number of nitrogens with zero attached hydrogens (tertiary/aromatic N) is 1. The van der Waals surface area contributed by atoms with Gasteiger partial charge in [-0.1, -0.05) is 54.6 Å². The quantitative estimate of drug-likeness (QED) is 0.213. The van der Waals surface area contributed by atoms with E-state index >= 15 is 0 Å². The second-order valence-corrected chi connectivity index (χ2v) is 9.25. The van der Waals surface area contributed by atoms with Crippen LogP contribution in [0.15, 0.2) is 97.1 Å². The summed E-state index contributed by atoms with van der Waals surface area (Å²) in [5.41, 5.74) is 2.19. The zero-order chi connectivity index (χ0) is 25.7. The van der Waals surface area contributed by atoms with Gasteiger partial charge in [-0.25, -0.2) is 0 Å². The standard InChI is InChI=1S/C29H23F3N2O2S/c30-29(31,32)23-10-6-22(7-11-23)19-36-25-14-15-27-26(16-25)28(34-37-27)33-17-20-8-12-24(13-9-20)35-18-21-4-2-1-3-5-21/h1-16H,17-19H2,(H,33,34). The minimum atomic E-state index is -4.35. The largest absolute Gasteiger partial charge is 0.489 e. The summed E-state index contributed by atoms with van der Waals surface area (Å²) in [6, 6.07) is 28.6. The summed E-state index contributed by atoms with van der Waals surface area (Å²) in [5, 5.41) is 4.31. The third-order valence-corrected chi connectivity index (χ3v) is 6.59. The molecule has 0 bridgehead atoms. The third-order valence-electron chi connectivity index (χ3n) is 5.76. The number of ether oxygens (including phenoxy) is 2. The van der Waals surface area contributed by atoms with Gasteiger partial charge in [-0.15, -0.1) is 0 Å². The number of nitrogens with one attached hydrogen (secondary N) is 1. The van der Waals surface area contributed by atoms with Crippen molar-refractivity contribution in [2.75, 3.05) is 5.32 Å². The molecule has 1 aromatic heterocycles. The summed E-state index contributed by atoms with van der Waals surface area (Å²) in [6.45, 7) is 1.28. The molecule has 0 radical (unpaired) electrons. The predicted molar refractivity (Wildman–Crippen MR) is 140 cm³/mol. The average molecular weight is 521 g/mol. The Morgan fingerprint density at radius 3 is 2.03 bits per heavy atom. The fourth-order valence-corrected chi connectivity index (χ4v) is 4.46. The molecule has 0 fully saturated rings. The molecular formula is C29H23F3N2O2S. The minimum Gasteiger partial charge on any atom is -0.489 e. The number of hydrogen-bond donors (Lipinski definition) is 1. The summed E-state index contributed by atoms with van der Waals surface area (Å²) in [5.74, 6) is 2.18. The highest BCUT2D eigenvalue weighted by Crippen LogP contribution is 2.32. The van der Waals surface area contributed by atoms with E-state index in [2.05, 4.69) is 9.69 Å². The molecule has 0 saturated carbocycles. The molecule has 1 heterocycles. The predicted octanol–water partition coefficient (Wildman–Crippen LogP) is 8.09. The van der Waals surface area contributed by atoms with Crippen molar-refractivity contribution in [1.29, 1.82) is 0 Å². The van der Waals surface area contributed by atoms with Gasteiger partial charge in [0.2, 0.25) is 0 Å². The minimum absolute atomic E-state index is 0.169. The van der Waals surface area contributed by atoms with Crippen molar-refractivity contribution >= 4 is 27.4 Å². The Balaban J connectivity index is 1.18. The SMILES string of the molecule is FC(F)(F)c1ccc(COc2ccc3snc(NCc4ccc(OCc5ccccc5)cc4)c3c2)cc1. The van der Waals surface area contributed by atoms with Crippen LogP contribution in [0, 0.1) is 0 Å². The highest BCUT2D eigenvalue weighted by Gasteiger charge is 2.29. The average Bonchev–Trinajstić information content (AvgIpc) is 3.33. The van der Waals surface area contributed by atoms with Crippen molar-refractivity contribution in [1.82, 2.24) is 4.37 Å². The lowest BCUT2D eigenvalue weighted by molar-refractivity contribution is -0.137. The van der Waals surface area contributed by atoms with E-state index in [1.807, 2.05) is 72.8 Å². The molecule has 37 heavy (non-hydrogen) atoms. The molecule has 5 aromatic rings. The van der Waals surface area contributed by atoms with Crippen LogP contribution in [-0.4, -0.2) is 4.37 Å². The number of anilines is 1. The van der Waals surface area contributed by atoms with E-state index in [9.17, 15) is 13.2 Å². The summed E-state index contributed by atoms with van der Waals surface area (Å²) in [7, 11) is 0. The van der Waals surface area contributed by atoms with E-state index in [0.717, 1.165) is 44.9 Å². The first-order chi connectivity index (χ1) is 17.9. The number of benzene rings is 4. The molecule has 0 aliphatic rings. The Bertz CT molecular complexity index is 1450. The molecule has 0 amide bonds. The van der Waals surface area contributed by atoms with Gasteiger partial charge >= 0.3 is 6.18 Å². The molecular weight excluding hydrogens is 497 g/mol. The number of aromatic nitrogens is 1. The topological polar surface area (TPSA) is 43.4 Å². The molecule has 0 saturated heterocycles. The van der Waals surface area contributed by atoms with Gasteiger partial charge in [0.25, 0.3) is 0 Å². The van der Waals surface area contributed by atoms with Gasteiger partial charge in [-0.3, -0.25) is 0 Å². The van der Waals surface area contributed by atoms with Gasteiger partial charge in [0, 0.05) is 11.9 Å². The van der Waals surface area contributed by atoms with Crippen LogP contribution in [0.25, 0.3) is 10.1 Å². The molecule has 0 spiro atoms. The van der Waals surface area contributed by atoms with E-state index in [4.69, 9.17) is 9.47 Å². The molecule has 0 aliphatic carbocycles. The molecule has 0 unspecified atom stereocenters. The smallest absolute Gasteiger partial charge is 0.416 e. The molecule has 0 atom stereocenters. The monoisotopic (exact) mass is 520 g/mol. The van der Waals surface area contributed by atoms with Gasteiger partial charge in [-0.05, 0) is 70.7 Å². The fraction of sp³-hybridized carbons (Fsp3) is 0.138. The molecule has 4 aromatic carbocycles. The van der Waals surface area contributed by atoms with Gasteiger partial charge in [0.1, 0.15) is 30.5 Å². The van der Waals surface area contributed by atoms with Crippen LogP contribution in [0.5, 0.6) is 11.5 Å². The number of alkyl halides is 3. The van der Waals surface area contributed by atoms with E-state index in [1.165, 1.54) is 23.7 Å². The Kier molecular flexibility index (Phi) is 7.28. The number of rotatable bonds is 9. The van der Waals surface area contributed by atoms with Crippen LogP contribution in [0.3, 0.4) is 0 Å². The van der Waals surface area contributed by atoms with E-state index in [-0.39, 0.29) is 6.61 Å². The molecule has 1 N–H and O–H groups in total. The number of fused-ring (bicyclic) bond motifs is 1. The zero-order valence-corrected chi connectivity index (χ0v) is 20.5. The van der Waals surface area contributed by atoms with Crippen LogP contribution >= 0.6 is 11.5 Å². The summed E-state index contributed by atoms with van der Waals surface area (Å²) >= 11 is 1.39. The van der Waals surface area contributed by atoms with Crippen LogP contribution < -0.4 is 14.8 Å². The number of halogens is 3. The molecule has 5 rings (SSSR count). The van der Waals surface area contributed by atoms with Crippen molar-refractivity contribution in [2.24, 2.45) is 0 Å². The van der Waals surface area contributed by atoms with Crippen molar-refractivity contribution in [3.63, 3.8) is 0 Å². The van der Waals surface area contributed by atoms with E-state index < -0.39 is 11.7 Å². The van der Waals surface area contributed by atoms with Gasteiger partial charge < -0.3 is 14.8 Å². The van der Waals surface area contributed by atoms with Gasteiger partial charge in [0.15, 0.2) is 0 Å². The third kappa shape index (κ3) is 6.40. The molecule has 0 aliphatic heterocycles. The lowest BCUT2D eigenvalue weighted by Gasteiger charge is -2.10. The van der Waals surface area contributed by atoms with E-state index in [1.54, 1.807) is 0 Å². The summed E-state index contributed by atoms with van der Waals surface area (Å²) in [6.07, 6.45) is -4.35. The lowest BCUT2D eigenvalue weighted by atomic mass is 10.1. The first-order valence-corrected chi connectivity index (χ1v) is 12.4. The van der Waals surface area contributed by atoms with Gasteiger partial charge in [0.05, 0.1) is 10.3 Å². The highest BCUT2D eigenvalue weighted by molar-refractivity contribution is 7.13. The lowest BCUT2D eigenvalue weighted by Crippen LogP contribution is -2.05. The van der Waals surface area contributed by atoms with Crippen molar-refractivity contribution in [2.45, 2.75) is 25.9 Å². The fourth-order valence-electron chi connectivity index (χ4n) is 3.72. The second-order valence-electron chi connectivity index (χ2n) is 8.44. The van der Waals surface area contributed by atoms with Crippen LogP contribution in [0.1, 0.15) is 22.3 Å². The van der Waals surface area contributed by atoms with Crippen molar-refractivity contribution < 1.29 is 22.6 Å². The first-order valence-electron chi connectivity index (χ1n) is 11.6. The maximum absolute atomic E-state index is 12.8. The zero-order valence-electron chi connectivity index (χ0n) is 19.7. The molecule has 8 heteroatoms. The van der Waals surface area contributed by atoms with Crippen LogP contribution in [-0.2, 0) is 25.9 Å². The van der Waals surface area contributed by atoms with E-state index in [0.29, 0.717) is 24.5 Å². The van der Waals surface area contributed by atoms with Crippen molar-refractivity contribution in [3.05, 3.63) is 119 Å². The summed E-state index contributed by atoms with van der Waals surface area (Å²) < 4.78 is 55.5. The molecule has 188 valence electrons. The van der Waals surface area contributed by atoms with Crippen LogP contribution in [0.4, 0.5) is 19.0 Å².